The van der Waals surface area contributed by atoms with Gasteiger partial charge in [-0.15, -0.1) is 0 Å². The highest BCUT2D eigenvalue weighted by Gasteiger charge is 2.39. The predicted molar refractivity (Wildman–Crippen MR) is 148 cm³/mol. The topological polar surface area (TPSA) is 41.1 Å². The van der Waals surface area contributed by atoms with Crippen LogP contribution in [0.3, 0.4) is 0 Å². The van der Waals surface area contributed by atoms with Crippen LogP contribution in [0.4, 0.5) is 4.79 Å². The summed E-state index contributed by atoms with van der Waals surface area (Å²) in [5, 5.41) is 7.03. The molecule has 0 bridgehead atoms. The molecule has 0 aliphatic heterocycles. The number of rotatable bonds is 10. The summed E-state index contributed by atoms with van der Waals surface area (Å²) in [6, 6.07) is 0.0111. The molecule has 3 heteroatoms. The van der Waals surface area contributed by atoms with Gasteiger partial charge in [0, 0.05) is 11.1 Å². The molecule has 0 unspecified atom stereocenters. The number of carbonyl (C=O) groups excluding carboxylic acids is 1. The third kappa shape index (κ3) is 8.78. The first-order chi connectivity index (χ1) is 15.9. The van der Waals surface area contributed by atoms with Crippen molar-refractivity contribution >= 4 is 6.03 Å². The molecule has 0 aromatic rings. The van der Waals surface area contributed by atoms with Crippen LogP contribution in [0, 0.1) is 11.8 Å². The fraction of sp³-hybridized carbons (Fsp3) is 0.710. The van der Waals surface area contributed by atoms with E-state index in [1.165, 1.54) is 22.3 Å². The highest BCUT2D eigenvalue weighted by molar-refractivity contribution is 5.75. The van der Waals surface area contributed by atoms with Crippen molar-refractivity contribution in [3.05, 3.63) is 46.6 Å². The summed E-state index contributed by atoms with van der Waals surface area (Å²) in [6.45, 7) is 17.6. The Morgan fingerprint density at radius 1 is 0.824 bits per heavy atom. The Kier molecular flexibility index (Phi) is 10.7. The van der Waals surface area contributed by atoms with Gasteiger partial charge >= 0.3 is 6.03 Å². The van der Waals surface area contributed by atoms with Gasteiger partial charge in [-0.05, 0) is 131 Å². The van der Waals surface area contributed by atoms with Gasteiger partial charge in [0.15, 0.2) is 0 Å². The second-order valence-corrected chi connectivity index (χ2v) is 12.1. The molecule has 0 saturated heterocycles. The quantitative estimate of drug-likeness (QED) is 0.309. The Bertz CT molecular complexity index is 743. The lowest BCUT2D eigenvalue weighted by molar-refractivity contribution is 0.159. The van der Waals surface area contributed by atoms with E-state index in [1.54, 1.807) is 0 Å². The molecular weight excluding hydrogens is 416 g/mol. The predicted octanol–water partition coefficient (Wildman–Crippen LogP) is 8.79. The molecule has 2 rings (SSSR count). The van der Waals surface area contributed by atoms with Crippen LogP contribution < -0.4 is 10.6 Å². The number of hydrogen-bond donors (Lipinski definition) is 2. The van der Waals surface area contributed by atoms with Gasteiger partial charge in [-0.3, -0.25) is 0 Å². The first-order valence-corrected chi connectivity index (χ1v) is 13.6. The molecule has 2 aliphatic rings. The van der Waals surface area contributed by atoms with E-state index in [4.69, 9.17) is 0 Å². The third-order valence-electron chi connectivity index (χ3n) is 8.31. The molecule has 2 amide bonds. The van der Waals surface area contributed by atoms with Crippen LogP contribution >= 0.6 is 0 Å². The number of hydrogen-bond acceptors (Lipinski definition) is 1. The molecule has 0 aromatic carbocycles. The van der Waals surface area contributed by atoms with Gasteiger partial charge in [-0.2, -0.15) is 0 Å². The zero-order valence-corrected chi connectivity index (χ0v) is 23.4. The summed E-state index contributed by atoms with van der Waals surface area (Å²) in [5.74, 6) is 0.953. The number of allylic oxidation sites excluding steroid dienone is 8. The average Bonchev–Trinajstić information content (AvgIpc) is 2.73. The van der Waals surface area contributed by atoms with Crippen LogP contribution in [0.25, 0.3) is 0 Å². The lowest BCUT2D eigenvalue weighted by atomic mass is 9.73. The minimum Gasteiger partial charge on any atom is -0.333 e. The van der Waals surface area contributed by atoms with Crippen molar-refractivity contribution in [2.24, 2.45) is 11.8 Å². The minimum atomic E-state index is -0.211. The van der Waals surface area contributed by atoms with Crippen LogP contribution in [0.15, 0.2) is 46.6 Å². The zero-order chi connectivity index (χ0) is 25.4. The summed E-state index contributed by atoms with van der Waals surface area (Å²) in [7, 11) is 0. The van der Waals surface area contributed by atoms with Gasteiger partial charge in [0.1, 0.15) is 0 Å². The summed E-state index contributed by atoms with van der Waals surface area (Å²) < 4.78 is 0. The fourth-order valence-corrected chi connectivity index (χ4v) is 5.70. The highest BCUT2D eigenvalue weighted by atomic mass is 16.2. The molecule has 3 nitrogen and oxygen atoms in total. The van der Waals surface area contributed by atoms with E-state index in [9.17, 15) is 4.79 Å². The lowest BCUT2D eigenvalue weighted by Crippen LogP contribution is -2.60. The number of urea groups is 1. The van der Waals surface area contributed by atoms with Gasteiger partial charge in [0.25, 0.3) is 0 Å². The summed E-state index contributed by atoms with van der Waals surface area (Å²) >= 11 is 0. The van der Waals surface area contributed by atoms with E-state index in [1.807, 2.05) is 0 Å². The van der Waals surface area contributed by atoms with E-state index in [0.717, 1.165) is 64.2 Å². The van der Waals surface area contributed by atoms with E-state index < -0.39 is 0 Å². The normalized spacial score (nSPS) is 24.0. The molecule has 0 heterocycles. The molecule has 0 saturated carbocycles. The molecule has 0 spiro atoms. The molecule has 34 heavy (non-hydrogen) atoms. The smallest absolute Gasteiger partial charge is 0.315 e. The Morgan fingerprint density at radius 3 is 1.50 bits per heavy atom. The Hall–Kier alpha value is -1.77. The van der Waals surface area contributed by atoms with Crippen LogP contribution in [0.1, 0.15) is 120 Å². The fourth-order valence-electron chi connectivity index (χ4n) is 5.70. The SMILES string of the molecule is CC(C)=CCC[C@](C)(NC(=O)N[C@@](C)(CCC=C(C)C)[C@H]1CC=C(C)CC1)[C@H]1CC=C(C)CC1. The van der Waals surface area contributed by atoms with Crippen LogP contribution in [-0.2, 0) is 0 Å². The molecule has 0 aromatic heterocycles. The molecule has 192 valence electrons. The second kappa shape index (κ2) is 12.8. The van der Waals surface area contributed by atoms with Crippen molar-refractivity contribution in [1.29, 1.82) is 0 Å². The molecule has 2 aliphatic carbocycles. The first-order valence-electron chi connectivity index (χ1n) is 13.6. The summed E-state index contributed by atoms with van der Waals surface area (Å²) in [6.07, 6.45) is 20.0. The lowest BCUT2D eigenvalue weighted by Gasteiger charge is -2.44. The van der Waals surface area contributed by atoms with E-state index >= 15 is 0 Å². The zero-order valence-electron chi connectivity index (χ0n) is 23.4. The van der Waals surface area contributed by atoms with Crippen molar-refractivity contribution < 1.29 is 4.79 Å². The van der Waals surface area contributed by atoms with Crippen molar-refractivity contribution in [1.82, 2.24) is 10.6 Å². The average molecular weight is 469 g/mol. The van der Waals surface area contributed by atoms with Gasteiger partial charge in [0.05, 0.1) is 0 Å². The van der Waals surface area contributed by atoms with Crippen LogP contribution in [0.2, 0.25) is 0 Å². The monoisotopic (exact) mass is 468 g/mol. The van der Waals surface area contributed by atoms with E-state index in [-0.39, 0.29) is 17.1 Å². The van der Waals surface area contributed by atoms with E-state index in [2.05, 4.69) is 90.3 Å². The molecule has 2 N–H and O–H groups in total. The number of amides is 2. The number of carbonyl (C=O) groups is 1. The second-order valence-electron chi connectivity index (χ2n) is 12.1. The Morgan fingerprint density at radius 2 is 1.21 bits per heavy atom. The molecule has 4 atom stereocenters. The molecular formula is C31H52N2O. The van der Waals surface area contributed by atoms with Crippen molar-refractivity contribution in [3.8, 4) is 0 Å². The first kappa shape index (κ1) is 28.5. The third-order valence-corrected chi connectivity index (χ3v) is 8.31. The van der Waals surface area contributed by atoms with Crippen molar-refractivity contribution in [3.63, 3.8) is 0 Å². The maximum absolute atomic E-state index is 13.6. The van der Waals surface area contributed by atoms with Crippen molar-refractivity contribution in [2.45, 2.75) is 131 Å². The van der Waals surface area contributed by atoms with Crippen LogP contribution in [-0.4, -0.2) is 17.1 Å². The summed E-state index contributed by atoms with van der Waals surface area (Å²) in [5.41, 5.74) is 5.24. The molecule has 0 radical (unpaired) electrons. The van der Waals surface area contributed by atoms with Crippen molar-refractivity contribution in [2.75, 3.05) is 0 Å². The van der Waals surface area contributed by atoms with Crippen LogP contribution in [0.5, 0.6) is 0 Å². The minimum absolute atomic E-state index is 0.0111. The maximum atomic E-state index is 13.6. The Balaban J connectivity index is 2.19. The highest BCUT2D eigenvalue weighted by Crippen LogP contribution is 2.37. The largest absolute Gasteiger partial charge is 0.333 e. The summed E-state index contributed by atoms with van der Waals surface area (Å²) in [4.78, 5) is 13.6. The maximum Gasteiger partial charge on any atom is 0.315 e. The van der Waals surface area contributed by atoms with Gasteiger partial charge in [0.2, 0.25) is 0 Å². The van der Waals surface area contributed by atoms with Gasteiger partial charge in [-0.25, -0.2) is 4.79 Å². The standard InChI is InChI=1S/C31H52N2O/c1-23(2)11-9-21-30(7,27-17-13-25(5)14-18-27)32-29(34)33-31(8,22-10-12-24(3)4)28-19-15-26(6)16-20-28/h11-13,15,27-28H,9-10,14,16-22H2,1-8H3,(H2,32,33,34)/t27-,28-,30-,31-/m0/s1. The number of nitrogens with one attached hydrogen (secondary N) is 2. The van der Waals surface area contributed by atoms with Gasteiger partial charge < -0.3 is 10.6 Å². The molecule has 0 fully saturated rings. The Labute approximate surface area is 210 Å². The van der Waals surface area contributed by atoms with E-state index in [0.29, 0.717) is 11.8 Å². The van der Waals surface area contributed by atoms with Gasteiger partial charge in [-0.1, -0.05) is 46.6 Å².